The van der Waals surface area contributed by atoms with Crippen LogP contribution in [0.1, 0.15) is 30.6 Å². The molecule has 16 heavy (non-hydrogen) atoms. The molecule has 1 aromatic rings. The number of rotatable bonds is 2. The monoisotopic (exact) mass is 217 g/mol. The highest BCUT2D eigenvalue weighted by Gasteiger charge is 2.21. The minimum atomic E-state index is 0.752. The fourth-order valence-corrected chi connectivity index (χ4v) is 2.64. The van der Waals surface area contributed by atoms with Gasteiger partial charge in [-0.1, -0.05) is 13.8 Å². The van der Waals surface area contributed by atoms with E-state index in [1.165, 1.54) is 12.1 Å². The number of benzene rings is 1. The summed E-state index contributed by atoms with van der Waals surface area (Å²) in [5, 5.41) is 0. The van der Waals surface area contributed by atoms with Crippen LogP contribution in [-0.4, -0.2) is 19.4 Å². The van der Waals surface area contributed by atoms with E-state index in [0.29, 0.717) is 0 Å². The maximum absolute atomic E-state index is 10.6. The van der Waals surface area contributed by atoms with Gasteiger partial charge in [0.2, 0.25) is 0 Å². The lowest BCUT2D eigenvalue weighted by atomic mass is 9.91. The Balaban J connectivity index is 2.13. The second-order valence-corrected chi connectivity index (χ2v) is 5.06. The van der Waals surface area contributed by atoms with Crippen molar-refractivity contribution in [2.75, 3.05) is 18.0 Å². The Kier molecular flexibility index (Phi) is 3.28. The SMILES string of the molecule is CC1CC(C)CN(c2ccc(C=O)cc2)C1. The van der Waals surface area contributed by atoms with Gasteiger partial charge >= 0.3 is 0 Å². The summed E-state index contributed by atoms with van der Waals surface area (Å²) in [4.78, 5) is 13.0. The zero-order chi connectivity index (χ0) is 11.5. The largest absolute Gasteiger partial charge is 0.371 e. The molecule has 86 valence electrons. The molecule has 0 radical (unpaired) electrons. The lowest BCUT2D eigenvalue weighted by Crippen LogP contribution is -2.38. The molecule has 2 heteroatoms. The second-order valence-electron chi connectivity index (χ2n) is 5.06. The minimum Gasteiger partial charge on any atom is -0.371 e. The molecule has 2 rings (SSSR count). The van der Waals surface area contributed by atoms with Crippen molar-refractivity contribution in [3.8, 4) is 0 Å². The van der Waals surface area contributed by atoms with E-state index in [1.54, 1.807) is 0 Å². The Bertz CT molecular complexity index is 348. The summed E-state index contributed by atoms with van der Waals surface area (Å²) in [5.74, 6) is 1.52. The first-order valence-corrected chi connectivity index (χ1v) is 5.99. The molecule has 1 aliphatic heterocycles. The van der Waals surface area contributed by atoms with Crippen LogP contribution in [0, 0.1) is 11.8 Å². The van der Waals surface area contributed by atoms with Crippen molar-refractivity contribution >= 4 is 12.0 Å². The number of hydrogen-bond acceptors (Lipinski definition) is 2. The van der Waals surface area contributed by atoms with Crippen molar-refractivity contribution in [3.05, 3.63) is 29.8 Å². The van der Waals surface area contributed by atoms with Gasteiger partial charge in [0, 0.05) is 24.3 Å². The summed E-state index contributed by atoms with van der Waals surface area (Å²) in [7, 11) is 0. The van der Waals surface area contributed by atoms with Crippen molar-refractivity contribution in [2.24, 2.45) is 11.8 Å². The van der Waals surface area contributed by atoms with Crippen molar-refractivity contribution in [3.63, 3.8) is 0 Å². The molecule has 0 N–H and O–H groups in total. The molecule has 1 aliphatic rings. The molecule has 2 atom stereocenters. The Labute approximate surface area is 97.3 Å². The first-order valence-electron chi connectivity index (χ1n) is 5.99. The van der Waals surface area contributed by atoms with Crippen LogP contribution < -0.4 is 4.90 Å². The fraction of sp³-hybridized carbons (Fsp3) is 0.500. The third-order valence-electron chi connectivity index (χ3n) is 3.26. The number of carbonyl (C=O) groups excluding carboxylic acids is 1. The van der Waals surface area contributed by atoms with E-state index in [1.807, 2.05) is 12.1 Å². The van der Waals surface area contributed by atoms with Crippen LogP contribution in [-0.2, 0) is 0 Å². The van der Waals surface area contributed by atoms with Gasteiger partial charge in [-0.3, -0.25) is 4.79 Å². The number of piperidine rings is 1. The molecule has 1 fully saturated rings. The lowest BCUT2D eigenvalue weighted by Gasteiger charge is -2.36. The van der Waals surface area contributed by atoms with Crippen LogP contribution in [0.4, 0.5) is 5.69 Å². The van der Waals surface area contributed by atoms with E-state index in [-0.39, 0.29) is 0 Å². The van der Waals surface area contributed by atoms with E-state index in [2.05, 4.69) is 30.9 Å². The van der Waals surface area contributed by atoms with Gasteiger partial charge in [-0.2, -0.15) is 0 Å². The molecule has 0 bridgehead atoms. The number of aldehydes is 1. The molecule has 0 spiro atoms. The van der Waals surface area contributed by atoms with E-state index < -0.39 is 0 Å². The molecule has 2 unspecified atom stereocenters. The van der Waals surface area contributed by atoms with Gasteiger partial charge < -0.3 is 4.90 Å². The highest BCUT2D eigenvalue weighted by atomic mass is 16.1. The van der Waals surface area contributed by atoms with Crippen molar-refractivity contribution < 1.29 is 4.79 Å². The van der Waals surface area contributed by atoms with E-state index in [4.69, 9.17) is 0 Å². The molecule has 0 aliphatic carbocycles. The van der Waals surface area contributed by atoms with Crippen molar-refractivity contribution in [1.82, 2.24) is 0 Å². The molecular formula is C14H19NO. The Hall–Kier alpha value is -1.31. The number of nitrogens with zero attached hydrogens (tertiary/aromatic N) is 1. The number of carbonyl (C=O) groups is 1. The second kappa shape index (κ2) is 4.69. The average molecular weight is 217 g/mol. The molecular weight excluding hydrogens is 198 g/mol. The van der Waals surface area contributed by atoms with Crippen LogP contribution in [0.2, 0.25) is 0 Å². The minimum absolute atomic E-state index is 0.752. The van der Waals surface area contributed by atoms with Gasteiger partial charge in [0.15, 0.2) is 0 Å². The third kappa shape index (κ3) is 2.43. The number of hydrogen-bond donors (Lipinski definition) is 0. The maximum atomic E-state index is 10.6. The maximum Gasteiger partial charge on any atom is 0.150 e. The lowest BCUT2D eigenvalue weighted by molar-refractivity contribution is 0.112. The summed E-state index contributed by atoms with van der Waals surface area (Å²) >= 11 is 0. The molecule has 0 saturated carbocycles. The predicted molar refractivity (Wildman–Crippen MR) is 67.0 cm³/mol. The normalized spacial score (nSPS) is 25.5. The standard InChI is InChI=1S/C14H19NO/c1-11-7-12(2)9-15(8-11)14-5-3-13(10-16)4-6-14/h3-6,10-12H,7-9H2,1-2H3. The van der Waals surface area contributed by atoms with E-state index >= 15 is 0 Å². The van der Waals surface area contributed by atoms with Crippen LogP contribution in [0.25, 0.3) is 0 Å². The van der Waals surface area contributed by atoms with Gasteiger partial charge in [-0.25, -0.2) is 0 Å². The molecule has 0 amide bonds. The summed E-state index contributed by atoms with van der Waals surface area (Å²) in [6.07, 6.45) is 2.22. The zero-order valence-corrected chi connectivity index (χ0v) is 10.0. The van der Waals surface area contributed by atoms with Gasteiger partial charge in [-0.15, -0.1) is 0 Å². The van der Waals surface area contributed by atoms with Crippen LogP contribution in [0.5, 0.6) is 0 Å². The third-order valence-corrected chi connectivity index (χ3v) is 3.26. The first kappa shape index (κ1) is 11.2. The summed E-state index contributed by atoms with van der Waals surface area (Å²) < 4.78 is 0. The highest BCUT2D eigenvalue weighted by Crippen LogP contribution is 2.26. The molecule has 0 aromatic heterocycles. The number of anilines is 1. The van der Waals surface area contributed by atoms with Crippen molar-refractivity contribution in [1.29, 1.82) is 0 Å². The average Bonchev–Trinajstić information content (AvgIpc) is 2.28. The molecule has 1 aromatic carbocycles. The van der Waals surface area contributed by atoms with Crippen LogP contribution in [0.15, 0.2) is 24.3 Å². The quantitative estimate of drug-likeness (QED) is 0.710. The van der Waals surface area contributed by atoms with Gasteiger partial charge in [0.05, 0.1) is 0 Å². The first-order chi connectivity index (χ1) is 7.69. The van der Waals surface area contributed by atoms with Crippen LogP contribution in [0.3, 0.4) is 0 Å². The summed E-state index contributed by atoms with van der Waals surface area (Å²) in [6, 6.07) is 7.89. The molecule has 2 nitrogen and oxygen atoms in total. The fourth-order valence-electron chi connectivity index (χ4n) is 2.64. The van der Waals surface area contributed by atoms with Crippen LogP contribution >= 0.6 is 0 Å². The van der Waals surface area contributed by atoms with Gasteiger partial charge in [-0.05, 0) is 42.5 Å². The molecule has 1 heterocycles. The Morgan fingerprint density at radius 1 is 1.12 bits per heavy atom. The smallest absolute Gasteiger partial charge is 0.150 e. The van der Waals surface area contributed by atoms with Crippen molar-refractivity contribution in [2.45, 2.75) is 20.3 Å². The zero-order valence-electron chi connectivity index (χ0n) is 10.0. The summed E-state index contributed by atoms with van der Waals surface area (Å²) in [5.41, 5.74) is 1.99. The van der Waals surface area contributed by atoms with Gasteiger partial charge in [0.25, 0.3) is 0 Å². The van der Waals surface area contributed by atoms with E-state index in [9.17, 15) is 4.79 Å². The topological polar surface area (TPSA) is 20.3 Å². The predicted octanol–water partition coefficient (Wildman–Crippen LogP) is 2.98. The highest BCUT2D eigenvalue weighted by molar-refractivity contribution is 5.75. The summed E-state index contributed by atoms with van der Waals surface area (Å²) in [6.45, 7) is 6.88. The Morgan fingerprint density at radius 3 is 2.19 bits per heavy atom. The Morgan fingerprint density at radius 2 is 1.69 bits per heavy atom. The van der Waals surface area contributed by atoms with Gasteiger partial charge in [0.1, 0.15) is 6.29 Å². The van der Waals surface area contributed by atoms with E-state index in [0.717, 1.165) is 36.8 Å². The molecule has 1 saturated heterocycles.